The van der Waals surface area contributed by atoms with Gasteiger partial charge in [-0.15, -0.1) is 0 Å². The molecule has 1 heterocycles. The van der Waals surface area contributed by atoms with Crippen LogP contribution in [0.2, 0.25) is 5.02 Å². The van der Waals surface area contributed by atoms with Crippen LogP contribution in [-0.2, 0) is 9.59 Å². The Hall–Kier alpha value is -2.90. The molecular weight excluding hydrogens is 436 g/mol. The number of carbonyl (C=O) groups is 2. The number of ether oxygens (including phenoxy) is 2. The zero-order valence-corrected chi connectivity index (χ0v) is 19.3. The lowest BCUT2D eigenvalue weighted by molar-refractivity contribution is -0.122. The molecule has 0 unspecified atom stereocenters. The maximum Gasteiger partial charge on any atom is 0.270 e. The van der Waals surface area contributed by atoms with Crippen molar-refractivity contribution in [2.45, 2.75) is 33.3 Å². The van der Waals surface area contributed by atoms with Crippen LogP contribution in [0.1, 0.15) is 31.4 Å². The van der Waals surface area contributed by atoms with Crippen molar-refractivity contribution in [2.24, 2.45) is 0 Å². The number of methoxy groups -OCH3 is 1. The number of nitrogens with one attached hydrogen (secondary N) is 1. The van der Waals surface area contributed by atoms with Crippen LogP contribution < -0.4 is 19.7 Å². The van der Waals surface area contributed by atoms with Crippen LogP contribution in [0, 0.1) is 6.92 Å². The summed E-state index contributed by atoms with van der Waals surface area (Å²) < 4.78 is 11.3. The maximum atomic E-state index is 13.2. The Labute approximate surface area is 191 Å². The van der Waals surface area contributed by atoms with Crippen molar-refractivity contribution in [2.75, 3.05) is 12.0 Å². The van der Waals surface area contributed by atoms with E-state index in [1.165, 1.54) is 18.1 Å². The van der Waals surface area contributed by atoms with E-state index in [0.717, 1.165) is 6.42 Å². The van der Waals surface area contributed by atoms with Gasteiger partial charge in [0.2, 0.25) is 0 Å². The second-order valence-corrected chi connectivity index (χ2v) is 7.88. The van der Waals surface area contributed by atoms with E-state index < -0.39 is 11.8 Å². The smallest absolute Gasteiger partial charge is 0.270 e. The van der Waals surface area contributed by atoms with E-state index in [1.54, 1.807) is 43.3 Å². The molecule has 162 valence electrons. The van der Waals surface area contributed by atoms with Gasteiger partial charge in [-0.3, -0.25) is 19.8 Å². The van der Waals surface area contributed by atoms with Gasteiger partial charge < -0.3 is 9.47 Å². The molecule has 1 atom stereocenters. The average Bonchev–Trinajstić information content (AvgIpc) is 2.74. The second kappa shape index (κ2) is 9.49. The fourth-order valence-corrected chi connectivity index (χ4v) is 3.50. The molecule has 0 aromatic heterocycles. The number of thiocarbonyl (C=S) groups is 1. The summed E-state index contributed by atoms with van der Waals surface area (Å²) in [4.78, 5) is 27.1. The summed E-state index contributed by atoms with van der Waals surface area (Å²) in [6, 6.07) is 10.4. The van der Waals surface area contributed by atoms with Gasteiger partial charge in [0.15, 0.2) is 16.6 Å². The third kappa shape index (κ3) is 4.73. The van der Waals surface area contributed by atoms with Gasteiger partial charge >= 0.3 is 0 Å². The Kier molecular flexibility index (Phi) is 6.97. The first-order valence-electron chi connectivity index (χ1n) is 9.78. The molecule has 1 aliphatic heterocycles. The molecule has 0 spiro atoms. The second-order valence-electron chi connectivity index (χ2n) is 7.09. The molecule has 2 aromatic rings. The molecule has 1 fully saturated rings. The third-order valence-electron chi connectivity index (χ3n) is 4.98. The molecule has 2 amide bonds. The number of hydrogen-bond donors (Lipinski definition) is 1. The number of nitrogens with zero attached hydrogens (tertiary/aromatic N) is 1. The van der Waals surface area contributed by atoms with Gasteiger partial charge in [-0.1, -0.05) is 30.7 Å². The maximum absolute atomic E-state index is 13.2. The lowest BCUT2D eigenvalue weighted by Crippen LogP contribution is -2.54. The SMILES string of the molecule is CC[C@@H](C)Oc1ccc(/C=C2\C(=O)NC(=S)N(c3cccc(Cl)c3C)C2=O)cc1OC. The molecule has 1 aliphatic rings. The normalized spacial score (nSPS) is 16.4. The van der Waals surface area contributed by atoms with E-state index >= 15 is 0 Å². The summed E-state index contributed by atoms with van der Waals surface area (Å²) in [5, 5.41) is 3.08. The summed E-state index contributed by atoms with van der Waals surface area (Å²) >= 11 is 11.5. The quantitative estimate of drug-likeness (QED) is 0.387. The number of hydrogen-bond acceptors (Lipinski definition) is 5. The van der Waals surface area contributed by atoms with Gasteiger partial charge in [0.05, 0.1) is 18.9 Å². The number of carbonyl (C=O) groups excluding carboxylic acids is 2. The number of anilines is 1. The summed E-state index contributed by atoms with van der Waals surface area (Å²) in [6.07, 6.45) is 2.38. The van der Waals surface area contributed by atoms with Crippen LogP contribution in [0.3, 0.4) is 0 Å². The Bertz CT molecular complexity index is 1080. The highest BCUT2D eigenvalue weighted by Crippen LogP contribution is 2.32. The van der Waals surface area contributed by atoms with E-state index in [-0.39, 0.29) is 16.8 Å². The van der Waals surface area contributed by atoms with Crippen LogP contribution >= 0.6 is 23.8 Å². The number of halogens is 1. The zero-order chi connectivity index (χ0) is 22.7. The Balaban J connectivity index is 1.99. The number of rotatable bonds is 6. The molecule has 0 radical (unpaired) electrons. The fraction of sp³-hybridized carbons (Fsp3) is 0.261. The summed E-state index contributed by atoms with van der Waals surface area (Å²) in [5.74, 6) is 0.00926. The molecular formula is C23H23ClN2O4S. The monoisotopic (exact) mass is 458 g/mol. The van der Waals surface area contributed by atoms with Crippen molar-refractivity contribution in [1.29, 1.82) is 0 Å². The molecule has 0 saturated carbocycles. The fourth-order valence-electron chi connectivity index (χ4n) is 3.05. The molecule has 31 heavy (non-hydrogen) atoms. The summed E-state index contributed by atoms with van der Waals surface area (Å²) in [6.45, 7) is 5.78. The van der Waals surface area contributed by atoms with E-state index in [1.807, 2.05) is 13.8 Å². The van der Waals surface area contributed by atoms with Gasteiger partial charge in [-0.2, -0.15) is 0 Å². The Morgan fingerprint density at radius 1 is 1.23 bits per heavy atom. The highest BCUT2D eigenvalue weighted by Gasteiger charge is 2.35. The van der Waals surface area contributed by atoms with Gasteiger partial charge in [-0.05, 0) is 74.0 Å². The molecule has 1 N–H and O–H groups in total. The molecule has 3 rings (SSSR count). The van der Waals surface area contributed by atoms with Gasteiger partial charge in [0.25, 0.3) is 11.8 Å². The predicted molar refractivity (Wildman–Crippen MR) is 126 cm³/mol. The van der Waals surface area contributed by atoms with Crippen LogP contribution in [0.15, 0.2) is 42.0 Å². The topological polar surface area (TPSA) is 67.9 Å². The van der Waals surface area contributed by atoms with Crippen molar-refractivity contribution in [3.05, 3.63) is 58.1 Å². The van der Waals surface area contributed by atoms with Gasteiger partial charge in [0.1, 0.15) is 5.57 Å². The molecule has 0 bridgehead atoms. The van der Waals surface area contributed by atoms with Crippen molar-refractivity contribution < 1.29 is 19.1 Å². The Morgan fingerprint density at radius 3 is 2.65 bits per heavy atom. The number of benzene rings is 2. The van der Waals surface area contributed by atoms with E-state index in [4.69, 9.17) is 33.3 Å². The van der Waals surface area contributed by atoms with E-state index in [2.05, 4.69) is 5.32 Å². The van der Waals surface area contributed by atoms with Crippen LogP contribution in [-0.4, -0.2) is 30.1 Å². The minimum Gasteiger partial charge on any atom is -0.493 e. The van der Waals surface area contributed by atoms with Crippen molar-refractivity contribution in [1.82, 2.24) is 5.32 Å². The first kappa shape index (κ1) is 22.8. The molecule has 1 saturated heterocycles. The van der Waals surface area contributed by atoms with Gasteiger partial charge in [-0.25, -0.2) is 0 Å². The third-order valence-corrected chi connectivity index (χ3v) is 5.68. The molecule has 2 aromatic carbocycles. The van der Waals surface area contributed by atoms with Crippen molar-refractivity contribution >= 4 is 52.5 Å². The minimum atomic E-state index is -0.565. The first-order valence-corrected chi connectivity index (χ1v) is 10.6. The lowest BCUT2D eigenvalue weighted by atomic mass is 10.1. The van der Waals surface area contributed by atoms with E-state index in [9.17, 15) is 9.59 Å². The van der Waals surface area contributed by atoms with Crippen LogP contribution in [0.5, 0.6) is 11.5 Å². The summed E-state index contributed by atoms with van der Waals surface area (Å²) in [7, 11) is 1.54. The first-order chi connectivity index (χ1) is 14.8. The lowest BCUT2D eigenvalue weighted by Gasteiger charge is -2.30. The van der Waals surface area contributed by atoms with Crippen LogP contribution in [0.25, 0.3) is 6.08 Å². The van der Waals surface area contributed by atoms with Crippen molar-refractivity contribution in [3.8, 4) is 11.5 Å². The minimum absolute atomic E-state index is 0.00685. The zero-order valence-electron chi connectivity index (χ0n) is 17.7. The van der Waals surface area contributed by atoms with Crippen molar-refractivity contribution in [3.63, 3.8) is 0 Å². The molecule has 6 nitrogen and oxygen atoms in total. The largest absolute Gasteiger partial charge is 0.493 e. The molecule has 8 heteroatoms. The highest BCUT2D eigenvalue weighted by molar-refractivity contribution is 7.80. The van der Waals surface area contributed by atoms with E-state index in [0.29, 0.717) is 33.3 Å². The summed E-state index contributed by atoms with van der Waals surface area (Å²) in [5.41, 5.74) is 1.76. The van der Waals surface area contributed by atoms with Crippen LogP contribution in [0.4, 0.5) is 5.69 Å². The number of amides is 2. The standard InChI is InChI=1S/C23H23ClN2O4S/c1-5-13(2)30-19-10-9-15(12-20(19)29-4)11-16-21(27)25-23(31)26(22(16)28)18-8-6-7-17(24)14(18)3/h6-13H,5H2,1-4H3,(H,25,27,31)/b16-11+/t13-/m1/s1. The average molecular weight is 459 g/mol. The molecule has 0 aliphatic carbocycles. The Morgan fingerprint density at radius 2 is 1.97 bits per heavy atom. The predicted octanol–water partition coefficient (Wildman–Crippen LogP) is 4.67. The van der Waals surface area contributed by atoms with Gasteiger partial charge in [0, 0.05) is 5.02 Å². The highest BCUT2D eigenvalue weighted by atomic mass is 35.5.